The first-order valence-corrected chi connectivity index (χ1v) is 10.7. The number of ether oxygens (including phenoxy) is 3. The molecule has 160 valence electrons. The third-order valence-corrected chi connectivity index (χ3v) is 4.28. The van der Waals surface area contributed by atoms with Gasteiger partial charge in [0.15, 0.2) is 5.96 Å². The van der Waals surface area contributed by atoms with E-state index in [1.54, 1.807) is 6.07 Å². The lowest BCUT2D eigenvalue weighted by atomic mass is 10.2. The molecular formula is C17H27F2N3O5S. The molecule has 0 bridgehead atoms. The monoisotopic (exact) mass is 423 g/mol. The molecule has 0 fully saturated rings. The fourth-order valence-corrected chi connectivity index (χ4v) is 2.50. The Morgan fingerprint density at radius 2 is 2.00 bits per heavy atom. The highest BCUT2D eigenvalue weighted by atomic mass is 32.2. The van der Waals surface area contributed by atoms with Gasteiger partial charge in [-0.25, -0.2) is 13.4 Å². The maximum Gasteiger partial charge on any atom is 0.387 e. The second-order valence-electron chi connectivity index (χ2n) is 5.72. The van der Waals surface area contributed by atoms with Gasteiger partial charge in [-0.2, -0.15) is 8.78 Å². The van der Waals surface area contributed by atoms with Gasteiger partial charge in [0, 0.05) is 24.9 Å². The van der Waals surface area contributed by atoms with Crippen molar-refractivity contribution in [3.8, 4) is 11.5 Å². The summed E-state index contributed by atoms with van der Waals surface area (Å²) in [5.41, 5.74) is 0.446. The lowest BCUT2D eigenvalue weighted by Crippen LogP contribution is -2.39. The van der Waals surface area contributed by atoms with Gasteiger partial charge in [0.2, 0.25) is 0 Å². The number of nitrogens with zero attached hydrogens (tertiary/aromatic N) is 1. The van der Waals surface area contributed by atoms with Crippen LogP contribution >= 0.6 is 0 Å². The van der Waals surface area contributed by atoms with Crippen LogP contribution in [0.2, 0.25) is 0 Å². The van der Waals surface area contributed by atoms with E-state index in [0.717, 1.165) is 6.26 Å². The van der Waals surface area contributed by atoms with E-state index in [-0.39, 0.29) is 24.7 Å². The van der Waals surface area contributed by atoms with Crippen molar-refractivity contribution in [3.63, 3.8) is 0 Å². The van der Waals surface area contributed by atoms with Crippen LogP contribution in [0.15, 0.2) is 23.2 Å². The Kier molecular flexibility index (Phi) is 10.5. The molecular weight excluding hydrogens is 396 g/mol. The van der Waals surface area contributed by atoms with Gasteiger partial charge in [-0.15, -0.1) is 0 Å². The lowest BCUT2D eigenvalue weighted by Gasteiger charge is -2.13. The molecule has 1 aromatic rings. The molecule has 2 N–H and O–H groups in total. The number of benzene rings is 1. The van der Waals surface area contributed by atoms with Crippen molar-refractivity contribution in [1.82, 2.24) is 10.6 Å². The molecule has 0 atom stereocenters. The van der Waals surface area contributed by atoms with Gasteiger partial charge >= 0.3 is 6.61 Å². The van der Waals surface area contributed by atoms with Gasteiger partial charge in [0.25, 0.3) is 0 Å². The smallest absolute Gasteiger partial charge is 0.387 e. The summed E-state index contributed by atoms with van der Waals surface area (Å²) in [6.45, 7) is 0.435. The highest BCUT2D eigenvalue weighted by molar-refractivity contribution is 7.90. The van der Waals surface area contributed by atoms with Crippen molar-refractivity contribution in [1.29, 1.82) is 0 Å². The molecule has 0 unspecified atom stereocenters. The average Bonchev–Trinajstić information content (AvgIpc) is 2.62. The van der Waals surface area contributed by atoms with E-state index in [2.05, 4.69) is 20.4 Å². The van der Waals surface area contributed by atoms with Crippen LogP contribution in [0.5, 0.6) is 11.5 Å². The Hall–Kier alpha value is -2.14. The van der Waals surface area contributed by atoms with Crippen LogP contribution < -0.4 is 20.1 Å². The third-order valence-electron chi connectivity index (χ3n) is 3.37. The van der Waals surface area contributed by atoms with Crippen LogP contribution in [-0.4, -0.2) is 66.4 Å². The Labute approximate surface area is 164 Å². The average molecular weight is 423 g/mol. The normalized spacial score (nSPS) is 12.1. The van der Waals surface area contributed by atoms with Crippen LogP contribution in [0.25, 0.3) is 0 Å². The highest BCUT2D eigenvalue weighted by Crippen LogP contribution is 2.26. The molecule has 0 saturated carbocycles. The van der Waals surface area contributed by atoms with Crippen LogP contribution in [0, 0.1) is 0 Å². The van der Waals surface area contributed by atoms with Crippen LogP contribution in [0.4, 0.5) is 8.78 Å². The van der Waals surface area contributed by atoms with Crippen molar-refractivity contribution < 1.29 is 31.4 Å². The molecule has 11 heteroatoms. The van der Waals surface area contributed by atoms with Crippen LogP contribution in [0.3, 0.4) is 0 Å². The minimum absolute atomic E-state index is 0.0273. The molecule has 1 aromatic carbocycles. The number of sulfone groups is 1. The van der Waals surface area contributed by atoms with Crippen molar-refractivity contribution in [3.05, 3.63) is 23.8 Å². The van der Waals surface area contributed by atoms with E-state index in [4.69, 9.17) is 9.47 Å². The number of rotatable bonds is 12. The number of halogens is 2. The number of aliphatic imine (C=N–C) groups is 1. The minimum atomic E-state index is -3.05. The molecule has 0 aliphatic carbocycles. The second kappa shape index (κ2) is 12.3. The van der Waals surface area contributed by atoms with Gasteiger partial charge < -0.3 is 24.8 Å². The van der Waals surface area contributed by atoms with Gasteiger partial charge in [-0.05, 0) is 25.1 Å². The summed E-state index contributed by atoms with van der Waals surface area (Å²) in [5, 5.41) is 6.05. The zero-order valence-electron chi connectivity index (χ0n) is 16.2. The van der Waals surface area contributed by atoms with Gasteiger partial charge in [0.1, 0.15) is 21.3 Å². The number of alkyl halides is 2. The topological polar surface area (TPSA) is 98.2 Å². The number of guanidine groups is 1. The highest BCUT2D eigenvalue weighted by Gasteiger charge is 2.11. The van der Waals surface area contributed by atoms with Crippen molar-refractivity contribution in [2.24, 2.45) is 4.99 Å². The third kappa shape index (κ3) is 10.3. The number of methoxy groups -OCH3 is 1. The van der Waals surface area contributed by atoms with E-state index in [0.29, 0.717) is 37.0 Å². The SMILES string of the molecule is CCNC(=NCc1cc(OC)ccc1OC(F)F)NCCOCCS(C)(=O)=O. The molecule has 0 heterocycles. The fraction of sp³-hybridized carbons (Fsp3) is 0.588. The van der Waals surface area contributed by atoms with E-state index < -0.39 is 16.4 Å². The molecule has 28 heavy (non-hydrogen) atoms. The van der Waals surface area contributed by atoms with Gasteiger partial charge in [-0.1, -0.05) is 0 Å². The fourth-order valence-electron chi connectivity index (χ4n) is 2.08. The second-order valence-corrected chi connectivity index (χ2v) is 7.98. The Morgan fingerprint density at radius 3 is 2.61 bits per heavy atom. The summed E-state index contributed by atoms with van der Waals surface area (Å²) in [6, 6.07) is 4.52. The molecule has 0 amide bonds. The first-order chi connectivity index (χ1) is 13.2. The van der Waals surface area contributed by atoms with Crippen molar-refractivity contribution in [2.45, 2.75) is 20.1 Å². The Morgan fingerprint density at radius 1 is 1.25 bits per heavy atom. The van der Waals surface area contributed by atoms with E-state index in [1.165, 1.54) is 19.2 Å². The van der Waals surface area contributed by atoms with Crippen molar-refractivity contribution in [2.75, 3.05) is 45.4 Å². The van der Waals surface area contributed by atoms with E-state index in [9.17, 15) is 17.2 Å². The predicted octanol–water partition coefficient (Wildman–Crippen LogP) is 1.41. The molecule has 1 rings (SSSR count). The van der Waals surface area contributed by atoms with Gasteiger partial charge in [0.05, 0.1) is 32.6 Å². The molecule has 0 saturated heterocycles. The number of hydrogen-bond donors (Lipinski definition) is 2. The summed E-state index contributed by atoms with van der Waals surface area (Å²) < 4.78 is 62.1. The lowest BCUT2D eigenvalue weighted by molar-refractivity contribution is -0.0504. The summed E-state index contributed by atoms with van der Waals surface area (Å²) in [4.78, 5) is 4.35. The Bertz CT molecular complexity index is 730. The van der Waals surface area contributed by atoms with Crippen molar-refractivity contribution >= 4 is 15.8 Å². The molecule has 0 radical (unpaired) electrons. The first-order valence-electron chi connectivity index (χ1n) is 8.64. The summed E-state index contributed by atoms with van der Waals surface area (Å²) >= 11 is 0. The summed E-state index contributed by atoms with van der Waals surface area (Å²) in [7, 11) is -1.57. The van der Waals surface area contributed by atoms with Crippen LogP contribution in [-0.2, 0) is 21.1 Å². The molecule has 0 aliphatic heterocycles. The first kappa shape index (κ1) is 23.9. The standard InChI is InChI=1S/C17H27F2N3O5S/c1-4-20-17(21-7-8-26-9-10-28(3,23)24)22-12-13-11-14(25-2)5-6-15(13)27-16(18)19/h5-6,11,16H,4,7-10,12H2,1-3H3,(H2,20,21,22). The molecule has 8 nitrogen and oxygen atoms in total. The zero-order valence-corrected chi connectivity index (χ0v) is 17.0. The maximum absolute atomic E-state index is 12.6. The summed E-state index contributed by atoms with van der Waals surface area (Å²) in [5.74, 6) is 0.952. The molecule has 0 spiro atoms. The summed E-state index contributed by atoms with van der Waals surface area (Å²) in [6.07, 6.45) is 1.15. The van der Waals surface area contributed by atoms with E-state index >= 15 is 0 Å². The predicted molar refractivity (Wildman–Crippen MR) is 103 cm³/mol. The molecule has 0 aliphatic rings. The Balaban J connectivity index is 2.65. The van der Waals surface area contributed by atoms with Crippen LogP contribution in [0.1, 0.15) is 12.5 Å². The van der Waals surface area contributed by atoms with Gasteiger partial charge in [-0.3, -0.25) is 0 Å². The number of nitrogens with one attached hydrogen (secondary N) is 2. The largest absolute Gasteiger partial charge is 0.497 e. The zero-order chi connectivity index (χ0) is 21.0. The quantitative estimate of drug-likeness (QED) is 0.298. The number of hydrogen-bond acceptors (Lipinski definition) is 6. The maximum atomic E-state index is 12.6. The minimum Gasteiger partial charge on any atom is -0.497 e. The van der Waals surface area contributed by atoms with E-state index in [1.807, 2.05) is 6.92 Å². The molecule has 0 aromatic heterocycles.